The first kappa shape index (κ1) is 19.2. The van der Waals surface area contributed by atoms with Crippen molar-refractivity contribution in [2.75, 3.05) is 5.32 Å². The first-order valence-corrected chi connectivity index (χ1v) is 10.4. The van der Waals surface area contributed by atoms with Crippen LogP contribution in [0.3, 0.4) is 0 Å². The zero-order valence-electron chi connectivity index (χ0n) is 16.5. The van der Waals surface area contributed by atoms with Gasteiger partial charge in [-0.15, -0.1) is 11.6 Å². The summed E-state index contributed by atoms with van der Waals surface area (Å²) < 4.78 is 1.78. The number of nitrogens with one attached hydrogen (secondary N) is 2. The minimum Gasteiger partial charge on any atom is -0.353 e. The van der Waals surface area contributed by atoms with Crippen molar-refractivity contribution >= 4 is 23.5 Å². The Morgan fingerprint density at radius 2 is 2.18 bits per heavy atom. The standard InChI is InChI=1S/C20H27ClN6O/c1-11(15-9-13-8-14(21)4-5-17(13)24-19(15)28)23-20-22-7-6-18(25-20)16-10-27(3)26-12(16)2/h6-7,10-11,13-15,17H,4-5,8-9H2,1-3H3,(H,24,28)(H,22,23,25)/t11-,13?,14?,15?,17?/m0/s1. The quantitative estimate of drug-likeness (QED) is 0.768. The molecule has 2 aromatic rings. The minimum atomic E-state index is -0.115. The summed E-state index contributed by atoms with van der Waals surface area (Å²) in [5.41, 5.74) is 2.72. The van der Waals surface area contributed by atoms with Crippen LogP contribution >= 0.6 is 11.6 Å². The molecule has 2 aliphatic rings. The number of aromatic nitrogens is 4. The third kappa shape index (κ3) is 3.85. The second-order valence-electron chi connectivity index (χ2n) is 8.13. The average Bonchev–Trinajstić information content (AvgIpc) is 3.00. The Balaban J connectivity index is 1.47. The molecule has 3 heterocycles. The zero-order chi connectivity index (χ0) is 19.8. The van der Waals surface area contributed by atoms with Gasteiger partial charge in [0.15, 0.2) is 0 Å². The summed E-state index contributed by atoms with van der Waals surface area (Å²) in [6.07, 6.45) is 7.48. The second-order valence-corrected chi connectivity index (χ2v) is 8.75. The van der Waals surface area contributed by atoms with Crippen LogP contribution in [0.1, 0.15) is 38.3 Å². The third-order valence-corrected chi connectivity index (χ3v) is 6.44. The number of alkyl halides is 1. The van der Waals surface area contributed by atoms with Crippen molar-refractivity contribution in [3.05, 3.63) is 24.2 Å². The third-order valence-electron chi connectivity index (χ3n) is 6.04. The summed E-state index contributed by atoms with van der Waals surface area (Å²) in [6, 6.07) is 2.08. The molecule has 0 aromatic carbocycles. The Hall–Kier alpha value is -2.15. The predicted octanol–water partition coefficient (Wildman–Crippen LogP) is 2.90. The fourth-order valence-corrected chi connectivity index (χ4v) is 4.90. The van der Waals surface area contributed by atoms with Crippen LogP contribution < -0.4 is 10.6 Å². The van der Waals surface area contributed by atoms with Crippen LogP contribution in [0.15, 0.2) is 18.5 Å². The van der Waals surface area contributed by atoms with E-state index in [1.807, 2.05) is 33.2 Å². The van der Waals surface area contributed by atoms with Gasteiger partial charge in [-0.25, -0.2) is 9.97 Å². The molecule has 4 rings (SSSR count). The normalized spacial score (nSPS) is 28.4. The van der Waals surface area contributed by atoms with E-state index >= 15 is 0 Å². The van der Waals surface area contributed by atoms with E-state index in [1.54, 1.807) is 10.9 Å². The summed E-state index contributed by atoms with van der Waals surface area (Å²) in [4.78, 5) is 21.7. The first-order chi connectivity index (χ1) is 13.4. The number of anilines is 1. The van der Waals surface area contributed by atoms with Crippen LogP contribution in [0, 0.1) is 18.8 Å². The lowest BCUT2D eigenvalue weighted by atomic mass is 9.74. The molecule has 1 saturated heterocycles. The summed E-state index contributed by atoms with van der Waals surface area (Å²) in [7, 11) is 1.89. The van der Waals surface area contributed by atoms with Gasteiger partial charge in [0, 0.05) is 42.5 Å². The number of nitrogens with zero attached hydrogens (tertiary/aromatic N) is 4. The van der Waals surface area contributed by atoms with E-state index in [-0.39, 0.29) is 29.3 Å². The van der Waals surface area contributed by atoms with Gasteiger partial charge in [-0.1, -0.05) is 0 Å². The molecule has 2 fully saturated rings. The highest BCUT2D eigenvalue weighted by atomic mass is 35.5. The van der Waals surface area contributed by atoms with Gasteiger partial charge >= 0.3 is 0 Å². The van der Waals surface area contributed by atoms with Crippen LogP contribution in [0.2, 0.25) is 0 Å². The van der Waals surface area contributed by atoms with Crippen molar-refractivity contribution in [2.45, 2.75) is 57.0 Å². The molecule has 5 atom stereocenters. The number of carbonyl (C=O) groups excluding carboxylic acids is 1. The molecule has 0 bridgehead atoms. The molecule has 28 heavy (non-hydrogen) atoms. The van der Waals surface area contributed by atoms with Crippen LogP contribution in [0.5, 0.6) is 0 Å². The number of aryl methyl sites for hydroxylation is 2. The van der Waals surface area contributed by atoms with Crippen molar-refractivity contribution < 1.29 is 4.79 Å². The van der Waals surface area contributed by atoms with Gasteiger partial charge in [-0.05, 0) is 51.5 Å². The molecule has 1 saturated carbocycles. The second kappa shape index (κ2) is 7.70. The number of hydrogen-bond acceptors (Lipinski definition) is 5. The van der Waals surface area contributed by atoms with E-state index in [4.69, 9.17) is 11.6 Å². The van der Waals surface area contributed by atoms with E-state index in [0.29, 0.717) is 11.9 Å². The monoisotopic (exact) mass is 402 g/mol. The van der Waals surface area contributed by atoms with Crippen LogP contribution in [0.4, 0.5) is 5.95 Å². The fraction of sp³-hybridized carbons (Fsp3) is 0.600. The fourth-order valence-electron chi connectivity index (χ4n) is 4.54. The number of rotatable bonds is 4. The highest BCUT2D eigenvalue weighted by Crippen LogP contribution is 2.36. The maximum Gasteiger partial charge on any atom is 0.225 e. The van der Waals surface area contributed by atoms with E-state index in [9.17, 15) is 4.79 Å². The lowest BCUT2D eigenvalue weighted by Crippen LogP contribution is -2.55. The van der Waals surface area contributed by atoms with Gasteiger partial charge < -0.3 is 10.6 Å². The molecule has 4 unspecified atom stereocenters. The summed E-state index contributed by atoms with van der Waals surface area (Å²) >= 11 is 6.36. The first-order valence-electron chi connectivity index (χ1n) is 9.95. The molecule has 2 aromatic heterocycles. The Morgan fingerprint density at radius 3 is 2.93 bits per heavy atom. The zero-order valence-corrected chi connectivity index (χ0v) is 17.3. The number of amides is 1. The molecule has 8 heteroatoms. The van der Waals surface area contributed by atoms with E-state index in [2.05, 4.69) is 25.7 Å². The maximum atomic E-state index is 12.7. The van der Waals surface area contributed by atoms with Gasteiger partial charge in [0.1, 0.15) is 0 Å². The van der Waals surface area contributed by atoms with Gasteiger partial charge in [0.2, 0.25) is 11.9 Å². The topological polar surface area (TPSA) is 84.7 Å². The maximum absolute atomic E-state index is 12.7. The molecule has 0 spiro atoms. The SMILES string of the molecule is Cc1nn(C)cc1-c1ccnc(N[C@@H](C)C2CC3CC(Cl)CCC3NC2=O)n1. The molecule has 0 radical (unpaired) electrons. The van der Waals surface area contributed by atoms with E-state index in [1.165, 1.54) is 0 Å². The van der Waals surface area contributed by atoms with Crippen LogP contribution in [0.25, 0.3) is 11.3 Å². The summed E-state index contributed by atoms with van der Waals surface area (Å²) in [5.74, 6) is 0.986. The number of halogens is 1. The Kier molecular flexibility index (Phi) is 5.27. The molecule has 1 amide bonds. The Bertz CT molecular complexity index is 868. The van der Waals surface area contributed by atoms with Crippen molar-refractivity contribution in [3.63, 3.8) is 0 Å². The number of hydrogen-bond donors (Lipinski definition) is 2. The lowest BCUT2D eigenvalue weighted by Gasteiger charge is -2.42. The highest BCUT2D eigenvalue weighted by molar-refractivity contribution is 6.20. The highest BCUT2D eigenvalue weighted by Gasteiger charge is 2.41. The van der Waals surface area contributed by atoms with Gasteiger partial charge in [-0.2, -0.15) is 5.10 Å². The lowest BCUT2D eigenvalue weighted by molar-refractivity contribution is -0.130. The number of piperidine rings is 1. The molecule has 150 valence electrons. The molecular weight excluding hydrogens is 376 g/mol. The van der Waals surface area contributed by atoms with Gasteiger partial charge in [-0.3, -0.25) is 9.48 Å². The average molecular weight is 403 g/mol. The van der Waals surface area contributed by atoms with Crippen molar-refractivity contribution in [3.8, 4) is 11.3 Å². The van der Waals surface area contributed by atoms with Gasteiger partial charge in [0.25, 0.3) is 0 Å². The van der Waals surface area contributed by atoms with E-state index < -0.39 is 0 Å². The molecular formula is C20H27ClN6O. The van der Waals surface area contributed by atoms with Crippen LogP contribution in [-0.4, -0.2) is 43.1 Å². The predicted molar refractivity (Wildman–Crippen MR) is 109 cm³/mol. The van der Waals surface area contributed by atoms with Crippen LogP contribution in [-0.2, 0) is 11.8 Å². The molecule has 2 N–H and O–H groups in total. The van der Waals surface area contributed by atoms with Crippen molar-refractivity contribution in [1.82, 2.24) is 25.1 Å². The molecule has 1 aliphatic carbocycles. The van der Waals surface area contributed by atoms with Crippen molar-refractivity contribution in [2.24, 2.45) is 18.9 Å². The molecule has 7 nitrogen and oxygen atoms in total. The van der Waals surface area contributed by atoms with Crippen molar-refractivity contribution in [1.29, 1.82) is 0 Å². The Labute approximate surface area is 170 Å². The number of fused-ring (bicyclic) bond motifs is 1. The smallest absolute Gasteiger partial charge is 0.225 e. The summed E-state index contributed by atoms with van der Waals surface area (Å²) in [6.45, 7) is 3.99. The van der Waals surface area contributed by atoms with E-state index in [0.717, 1.165) is 42.6 Å². The minimum absolute atomic E-state index is 0.0677. The van der Waals surface area contributed by atoms with Gasteiger partial charge in [0.05, 0.1) is 17.3 Å². The Morgan fingerprint density at radius 1 is 1.36 bits per heavy atom. The largest absolute Gasteiger partial charge is 0.353 e. The number of carbonyl (C=O) groups is 1. The summed E-state index contributed by atoms with van der Waals surface area (Å²) in [5, 5.41) is 11.2. The molecule has 1 aliphatic heterocycles.